The van der Waals surface area contributed by atoms with Crippen molar-refractivity contribution in [2.24, 2.45) is 17.3 Å². The van der Waals surface area contributed by atoms with Gasteiger partial charge >= 0.3 is 5.97 Å². The van der Waals surface area contributed by atoms with Crippen LogP contribution in [0.25, 0.3) is 0 Å². The third kappa shape index (κ3) is 5.08. The van der Waals surface area contributed by atoms with Crippen LogP contribution < -0.4 is 5.32 Å². The molecule has 0 heterocycles. The molecule has 0 spiro atoms. The van der Waals surface area contributed by atoms with E-state index in [2.05, 4.69) is 12.2 Å². The number of hydrogen-bond donors (Lipinski definition) is 2. The molecule has 3 heteroatoms. The Bertz CT molecular complexity index is 281. The lowest BCUT2D eigenvalue weighted by Gasteiger charge is -2.29. The molecule has 2 N–H and O–H groups in total. The number of rotatable bonds is 9. The van der Waals surface area contributed by atoms with Gasteiger partial charge in [-0.05, 0) is 37.6 Å². The van der Waals surface area contributed by atoms with Crippen molar-refractivity contribution in [1.82, 2.24) is 5.32 Å². The first-order chi connectivity index (χ1) is 9.54. The van der Waals surface area contributed by atoms with Crippen LogP contribution in [0, 0.1) is 17.3 Å². The van der Waals surface area contributed by atoms with Crippen molar-refractivity contribution < 1.29 is 9.90 Å². The average molecular weight is 283 g/mol. The fraction of sp³-hybridized carbons (Fsp3) is 0.941. The standard InChI is InChI=1S/C17H33NO2/c1-4-17(5-2,16(19)20)13-18-12-14(3)11-15-9-7-6-8-10-15/h14-15,18H,4-13H2,1-3H3,(H,19,20). The van der Waals surface area contributed by atoms with Crippen LogP contribution in [0.1, 0.15) is 72.1 Å². The molecule has 1 rings (SSSR count). The maximum atomic E-state index is 11.4. The summed E-state index contributed by atoms with van der Waals surface area (Å²) in [7, 11) is 0. The number of aliphatic carboxylic acids is 1. The van der Waals surface area contributed by atoms with Gasteiger partial charge < -0.3 is 10.4 Å². The summed E-state index contributed by atoms with van der Waals surface area (Å²) in [6.07, 6.45) is 9.70. The van der Waals surface area contributed by atoms with Gasteiger partial charge in [-0.2, -0.15) is 0 Å². The van der Waals surface area contributed by atoms with Crippen LogP contribution >= 0.6 is 0 Å². The topological polar surface area (TPSA) is 49.3 Å². The first-order valence-electron chi connectivity index (χ1n) is 8.48. The van der Waals surface area contributed by atoms with Crippen molar-refractivity contribution in [2.75, 3.05) is 13.1 Å². The van der Waals surface area contributed by atoms with Crippen molar-refractivity contribution in [1.29, 1.82) is 0 Å². The van der Waals surface area contributed by atoms with Gasteiger partial charge in [-0.1, -0.05) is 52.9 Å². The lowest BCUT2D eigenvalue weighted by atomic mass is 9.81. The normalized spacial score (nSPS) is 18.9. The van der Waals surface area contributed by atoms with E-state index < -0.39 is 11.4 Å². The fourth-order valence-corrected chi connectivity index (χ4v) is 3.51. The van der Waals surface area contributed by atoms with Crippen LogP contribution in [0.5, 0.6) is 0 Å². The van der Waals surface area contributed by atoms with Gasteiger partial charge in [0.1, 0.15) is 0 Å². The minimum Gasteiger partial charge on any atom is -0.481 e. The van der Waals surface area contributed by atoms with E-state index in [0.29, 0.717) is 25.3 Å². The molecular weight excluding hydrogens is 250 g/mol. The average Bonchev–Trinajstić information content (AvgIpc) is 2.44. The zero-order chi connectivity index (χ0) is 15.0. The minimum atomic E-state index is -0.657. The number of carbonyl (C=O) groups is 1. The highest BCUT2D eigenvalue weighted by molar-refractivity contribution is 5.74. The van der Waals surface area contributed by atoms with Crippen LogP contribution in [0.15, 0.2) is 0 Å². The van der Waals surface area contributed by atoms with E-state index in [1.165, 1.54) is 38.5 Å². The third-order valence-electron chi connectivity index (χ3n) is 5.22. The van der Waals surface area contributed by atoms with Gasteiger partial charge in [0.2, 0.25) is 0 Å². The van der Waals surface area contributed by atoms with Gasteiger partial charge in [-0.15, -0.1) is 0 Å². The van der Waals surface area contributed by atoms with Gasteiger partial charge in [0.15, 0.2) is 0 Å². The maximum absolute atomic E-state index is 11.4. The van der Waals surface area contributed by atoms with E-state index in [9.17, 15) is 9.90 Å². The zero-order valence-electron chi connectivity index (χ0n) is 13.6. The van der Waals surface area contributed by atoms with E-state index in [1.807, 2.05) is 13.8 Å². The molecule has 20 heavy (non-hydrogen) atoms. The van der Waals surface area contributed by atoms with E-state index in [-0.39, 0.29) is 0 Å². The summed E-state index contributed by atoms with van der Waals surface area (Å²) >= 11 is 0. The monoisotopic (exact) mass is 283 g/mol. The fourth-order valence-electron chi connectivity index (χ4n) is 3.51. The summed E-state index contributed by atoms with van der Waals surface area (Å²) in [5.41, 5.74) is -0.579. The summed E-state index contributed by atoms with van der Waals surface area (Å²) in [5.74, 6) is 0.898. The Morgan fingerprint density at radius 2 is 1.85 bits per heavy atom. The predicted octanol–water partition coefficient (Wildman–Crippen LogP) is 4.07. The lowest BCUT2D eigenvalue weighted by molar-refractivity contribution is -0.149. The SMILES string of the molecule is CCC(CC)(CNCC(C)CC1CCCCC1)C(=O)O. The third-order valence-corrected chi connectivity index (χ3v) is 5.22. The van der Waals surface area contributed by atoms with Gasteiger partial charge in [-0.25, -0.2) is 0 Å². The van der Waals surface area contributed by atoms with Gasteiger partial charge in [0.25, 0.3) is 0 Å². The maximum Gasteiger partial charge on any atom is 0.310 e. The molecule has 1 aliphatic carbocycles. The van der Waals surface area contributed by atoms with E-state index in [1.54, 1.807) is 0 Å². The Morgan fingerprint density at radius 1 is 1.25 bits per heavy atom. The number of nitrogens with one attached hydrogen (secondary N) is 1. The molecule has 0 aromatic carbocycles. The van der Waals surface area contributed by atoms with Gasteiger partial charge in [0.05, 0.1) is 5.41 Å². The number of carboxylic acid groups (broad SMARTS) is 1. The summed E-state index contributed by atoms with van der Waals surface area (Å²) < 4.78 is 0. The molecule has 1 saturated carbocycles. The highest BCUT2D eigenvalue weighted by Gasteiger charge is 2.34. The van der Waals surface area contributed by atoms with Crippen LogP contribution in [-0.4, -0.2) is 24.2 Å². The van der Waals surface area contributed by atoms with Gasteiger partial charge in [-0.3, -0.25) is 4.79 Å². The highest BCUT2D eigenvalue weighted by atomic mass is 16.4. The van der Waals surface area contributed by atoms with Crippen molar-refractivity contribution in [2.45, 2.75) is 72.1 Å². The largest absolute Gasteiger partial charge is 0.481 e. The second kappa shape index (κ2) is 8.66. The number of carboxylic acids is 1. The smallest absolute Gasteiger partial charge is 0.310 e. The minimum absolute atomic E-state index is 0.579. The van der Waals surface area contributed by atoms with E-state index >= 15 is 0 Å². The second-order valence-corrected chi connectivity index (χ2v) is 6.77. The Hall–Kier alpha value is -0.570. The quantitative estimate of drug-likeness (QED) is 0.670. The zero-order valence-corrected chi connectivity index (χ0v) is 13.6. The molecule has 1 unspecified atom stereocenters. The summed E-state index contributed by atoms with van der Waals surface area (Å²) in [6.45, 7) is 7.80. The van der Waals surface area contributed by atoms with Crippen LogP contribution in [-0.2, 0) is 4.79 Å². The predicted molar refractivity (Wildman–Crippen MR) is 83.9 cm³/mol. The molecule has 118 valence electrons. The molecule has 0 aromatic heterocycles. The van der Waals surface area contributed by atoms with Crippen molar-refractivity contribution in [3.8, 4) is 0 Å². The molecule has 0 amide bonds. The Kier molecular flexibility index (Phi) is 7.57. The Labute approximate surface area is 124 Å². The molecule has 1 atom stereocenters. The highest BCUT2D eigenvalue weighted by Crippen LogP contribution is 2.29. The Balaban J connectivity index is 2.29. The van der Waals surface area contributed by atoms with Crippen LogP contribution in [0.2, 0.25) is 0 Å². The summed E-state index contributed by atoms with van der Waals surface area (Å²) in [4.78, 5) is 11.4. The summed E-state index contributed by atoms with van der Waals surface area (Å²) in [5, 5.41) is 12.8. The molecule has 0 aromatic rings. The molecule has 0 saturated heterocycles. The van der Waals surface area contributed by atoms with Crippen molar-refractivity contribution in [3.63, 3.8) is 0 Å². The summed E-state index contributed by atoms with van der Waals surface area (Å²) in [6, 6.07) is 0. The van der Waals surface area contributed by atoms with Crippen molar-refractivity contribution in [3.05, 3.63) is 0 Å². The first kappa shape index (κ1) is 17.5. The lowest BCUT2D eigenvalue weighted by Crippen LogP contribution is -2.41. The van der Waals surface area contributed by atoms with E-state index in [0.717, 1.165) is 12.5 Å². The molecule has 0 radical (unpaired) electrons. The molecule has 1 aliphatic rings. The van der Waals surface area contributed by atoms with Crippen LogP contribution in [0.3, 0.4) is 0 Å². The van der Waals surface area contributed by atoms with Crippen molar-refractivity contribution >= 4 is 5.97 Å². The molecule has 3 nitrogen and oxygen atoms in total. The van der Waals surface area contributed by atoms with Crippen LogP contribution in [0.4, 0.5) is 0 Å². The number of hydrogen-bond acceptors (Lipinski definition) is 2. The molecule has 1 fully saturated rings. The Morgan fingerprint density at radius 3 is 2.35 bits per heavy atom. The van der Waals surface area contributed by atoms with E-state index in [4.69, 9.17) is 0 Å². The molecule has 0 bridgehead atoms. The first-order valence-corrected chi connectivity index (χ1v) is 8.48. The second-order valence-electron chi connectivity index (χ2n) is 6.77. The molecular formula is C17H33NO2. The van der Waals surface area contributed by atoms with Gasteiger partial charge in [0, 0.05) is 6.54 Å². The molecule has 0 aliphatic heterocycles.